The summed E-state index contributed by atoms with van der Waals surface area (Å²) in [6.07, 6.45) is 5.62. The lowest BCUT2D eigenvalue weighted by Gasteiger charge is -2.39. The molecule has 0 aliphatic carbocycles. The summed E-state index contributed by atoms with van der Waals surface area (Å²) < 4.78 is 14.8. The maximum atomic E-state index is 14.0. The number of methoxy groups -OCH3 is 1. The van der Waals surface area contributed by atoms with Crippen molar-refractivity contribution in [3.8, 4) is 22.9 Å². The summed E-state index contributed by atoms with van der Waals surface area (Å²) >= 11 is 0. The number of nitrogens with two attached hydrogens (primary N) is 1. The first-order valence-corrected chi connectivity index (χ1v) is 13.6. The zero-order valence-electron chi connectivity index (χ0n) is 22.5. The van der Waals surface area contributed by atoms with Crippen LogP contribution in [0.2, 0.25) is 0 Å². The number of rotatable bonds is 6. The van der Waals surface area contributed by atoms with Crippen LogP contribution >= 0.6 is 0 Å². The number of hydrogen-bond acceptors (Lipinski definition) is 8. The number of ether oxygens (including phenoxy) is 2. The lowest BCUT2D eigenvalue weighted by atomic mass is 9.98. The Labute approximate surface area is 227 Å². The molecule has 10 heteroatoms. The molecule has 4 aromatic rings. The third-order valence-electron chi connectivity index (χ3n) is 8.07. The molecule has 0 unspecified atom stereocenters. The Morgan fingerprint density at radius 1 is 0.949 bits per heavy atom. The third kappa shape index (κ3) is 4.86. The molecule has 2 aliphatic rings. The number of benzene rings is 2. The van der Waals surface area contributed by atoms with Crippen molar-refractivity contribution in [1.29, 1.82) is 0 Å². The van der Waals surface area contributed by atoms with Crippen LogP contribution in [0.1, 0.15) is 37.3 Å². The van der Waals surface area contributed by atoms with E-state index >= 15 is 0 Å². The lowest BCUT2D eigenvalue weighted by Crippen LogP contribution is -2.47. The summed E-state index contributed by atoms with van der Waals surface area (Å²) in [5.74, 6) is 2.46. The Bertz CT molecular complexity index is 1510. The van der Waals surface area contributed by atoms with Gasteiger partial charge in [0.25, 0.3) is 0 Å². The van der Waals surface area contributed by atoms with E-state index in [4.69, 9.17) is 15.2 Å². The largest absolute Gasteiger partial charge is 0.497 e. The van der Waals surface area contributed by atoms with E-state index in [0.29, 0.717) is 40.2 Å². The standard InChI is InChI=1S/C29H35N7O3/c1-19-17-22(3-8-25(19)39-24-6-4-23(38-2)5-7-24)35-26-27(30)32-18-33-28(26)36(29(35)37)21-11-15-34(16-12-21)20-9-13-31-14-10-20/h3-8,17-18,20-21,31H,9-16H2,1-2H3,(H2,30,32,33). The normalized spacial score (nSPS) is 17.5. The van der Waals surface area contributed by atoms with E-state index in [1.165, 1.54) is 19.2 Å². The van der Waals surface area contributed by atoms with Crippen LogP contribution in [0.5, 0.6) is 17.2 Å². The molecule has 2 fully saturated rings. The van der Waals surface area contributed by atoms with Crippen molar-refractivity contribution < 1.29 is 9.47 Å². The summed E-state index contributed by atoms with van der Waals surface area (Å²) in [7, 11) is 1.63. The third-order valence-corrected chi connectivity index (χ3v) is 8.07. The second-order valence-corrected chi connectivity index (χ2v) is 10.4. The highest BCUT2D eigenvalue weighted by molar-refractivity contribution is 5.84. The molecule has 2 aliphatic heterocycles. The number of aromatic nitrogens is 4. The van der Waals surface area contributed by atoms with Gasteiger partial charge in [-0.25, -0.2) is 14.8 Å². The van der Waals surface area contributed by atoms with Crippen LogP contribution in [0, 0.1) is 6.92 Å². The van der Waals surface area contributed by atoms with Gasteiger partial charge >= 0.3 is 5.69 Å². The lowest BCUT2D eigenvalue weighted by molar-refractivity contribution is 0.113. The van der Waals surface area contributed by atoms with Crippen molar-refractivity contribution in [2.75, 3.05) is 39.0 Å². The summed E-state index contributed by atoms with van der Waals surface area (Å²) in [4.78, 5) is 25.4. The monoisotopic (exact) mass is 529 g/mol. The van der Waals surface area contributed by atoms with Gasteiger partial charge in [-0.2, -0.15) is 0 Å². The molecule has 0 radical (unpaired) electrons. The second kappa shape index (κ2) is 10.7. The minimum Gasteiger partial charge on any atom is -0.497 e. The number of aryl methyl sites for hydroxylation is 1. The molecule has 39 heavy (non-hydrogen) atoms. The molecule has 10 nitrogen and oxygen atoms in total. The SMILES string of the molecule is COc1ccc(Oc2ccc(-n3c(=O)n(C4CCN(C5CCNCC5)CC4)c4ncnc(N)c43)cc2C)cc1. The number of anilines is 1. The molecule has 2 aromatic heterocycles. The quantitative estimate of drug-likeness (QED) is 0.389. The van der Waals surface area contributed by atoms with Gasteiger partial charge < -0.3 is 25.4 Å². The highest BCUT2D eigenvalue weighted by atomic mass is 16.5. The van der Waals surface area contributed by atoms with Crippen LogP contribution in [0.25, 0.3) is 16.9 Å². The number of nitrogens with zero attached hydrogens (tertiary/aromatic N) is 5. The zero-order chi connectivity index (χ0) is 26.9. The van der Waals surface area contributed by atoms with E-state index in [0.717, 1.165) is 50.3 Å². The molecular weight excluding hydrogens is 494 g/mol. The Balaban J connectivity index is 1.31. The maximum Gasteiger partial charge on any atom is 0.335 e. The molecule has 0 atom stereocenters. The molecule has 0 bridgehead atoms. The van der Waals surface area contributed by atoms with E-state index in [2.05, 4.69) is 20.2 Å². The molecule has 2 saturated heterocycles. The van der Waals surface area contributed by atoms with E-state index in [1.807, 2.05) is 54.0 Å². The van der Waals surface area contributed by atoms with Crippen LogP contribution in [0.4, 0.5) is 5.82 Å². The predicted octanol–water partition coefficient (Wildman–Crippen LogP) is 3.66. The highest BCUT2D eigenvalue weighted by Crippen LogP contribution is 2.32. The van der Waals surface area contributed by atoms with Crippen LogP contribution in [-0.2, 0) is 0 Å². The van der Waals surface area contributed by atoms with Crippen molar-refractivity contribution in [2.24, 2.45) is 0 Å². The summed E-state index contributed by atoms with van der Waals surface area (Å²) in [5.41, 5.74) is 8.94. The fourth-order valence-electron chi connectivity index (χ4n) is 5.97. The van der Waals surface area contributed by atoms with Gasteiger partial charge in [0.1, 0.15) is 29.1 Å². The second-order valence-electron chi connectivity index (χ2n) is 10.4. The van der Waals surface area contributed by atoms with Crippen LogP contribution in [-0.4, -0.2) is 63.3 Å². The van der Waals surface area contributed by atoms with E-state index in [1.54, 1.807) is 11.7 Å². The van der Waals surface area contributed by atoms with Crippen molar-refractivity contribution in [3.05, 3.63) is 64.8 Å². The first-order valence-electron chi connectivity index (χ1n) is 13.6. The van der Waals surface area contributed by atoms with Crippen LogP contribution < -0.4 is 26.2 Å². The highest BCUT2D eigenvalue weighted by Gasteiger charge is 2.30. The number of fused-ring (bicyclic) bond motifs is 1. The molecule has 0 amide bonds. The summed E-state index contributed by atoms with van der Waals surface area (Å²) in [6, 6.07) is 13.8. The number of imidazole rings is 1. The van der Waals surface area contributed by atoms with Gasteiger partial charge in [0.15, 0.2) is 11.5 Å². The molecule has 204 valence electrons. The van der Waals surface area contributed by atoms with Crippen molar-refractivity contribution >= 4 is 17.0 Å². The number of nitrogens with one attached hydrogen (secondary N) is 1. The Hall–Kier alpha value is -3.89. The van der Waals surface area contributed by atoms with Crippen molar-refractivity contribution in [3.63, 3.8) is 0 Å². The van der Waals surface area contributed by atoms with Gasteiger partial charge in [0, 0.05) is 25.2 Å². The average molecular weight is 530 g/mol. The van der Waals surface area contributed by atoms with Gasteiger partial charge in [-0.05, 0) is 93.7 Å². The van der Waals surface area contributed by atoms with E-state index in [-0.39, 0.29) is 11.7 Å². The fourth-order valence-corrected chi connectivity index (χ4v) is 5.97. The fraction of sp³-hybridized carbons (Fsp3) is 0.414. The van der Waals surface area contributed by atoms with Crippen LogP contribution in [0.3, 0.4) is 0 Å². The first kappa shape index (κ1) is 25.4. The minimum absolute atomic E-state index is 0.0623. The van der Waals surface area contributed by atoms with Gasteiger partial charge in [-0.1, -0.05) is 0 Å². The molecule has 4 heterocycles. The van der Waals surface area contributed by atoms with Crippen molar-refractivity contribution in [2.45, 2.75) is 44.7 Å². The van der Waals surface area contributed by atoms with Gasteiger partial charge in [-0.3, -0.25) is 9.13 Å². The summed E-state index contributed by atoms with van der Waals surface area (Å²) in [6.45, 7) is 6.08. The number of piperidine rings is 2. The van der Waals surface area contributed by atoms with Crippen LogP contribution in [0.15, 0.2) is 53.6 Å². The smallest absolute Gasteiger partial charge is 0.335 e. The van der Waals surface area contributed by atoms with Gasteiger partial charge in [-0.15, -0.1) is 0 Å². The Morgan fingerprint density at radius 2 is 1.67 bits per heavy atom. The molecule has 0 spiro atoms. The first-order chi connectivity index (χ1) is 19.0. The molecule has 3 N–H and O–H groups in total. The molecule has 6 rings (SSSR count). The van der Waals surface area contributed by atoms with E-state index < -0.39 is 0 Å². The van der Waals surface area contributed by atoms with Gasteiger partial charge in [0.2, 0.25) is 0 Å². The van der Waals surface area contributed by atoms with Gasteiger partial charge in [0.05, 0.1) is 12.8 Å². The number of likely N-dealkylation sites (tertiary alicyclic amines) is 1. The topological polar surface area (TPSA) is 112 Å². The predicted molar refractivity (Wildman–Crippen MR) is 151 cm³/mol. The molecule has 0 saturated carbocycles. The van der Waals surface area contributed by atoms with Crippen molar-refractivity contribution in [1.82, 2.24) is 29.3 Å². The maximum absolute atomic E-state index is 14.0. The number of hydrogen-bond donors (Lipinski definition) is 2. The Kier molecular flexibility index (Phi) is 6.97. The molecule has 2 aromatic carbocycles. The Morgan fingerprint density at radius 3 is 2.36 bits per heavy atom. The van der Waals surface area contributed by atoms with E-state index in [9.17, 15) is 4.79 Å². The zero-order valence-corrected chi connectivity index (χ0v) is 22.5. The minimum atomic E-state index is -0.138. The molecular formula is C29H35N7O3. The number of nitrogen functional groups attached to an aromatic ring is 1. The summed E-state index contributed by atoms with van der Waals surface area (Å²) in [5, 5.41) is 3.45. The average Bonchev–Trinajstić information content (AvgIpc) is 3.28.